The van der Waals surface area contributed by atoms with Crippen molar-refractivity contribution < 1.29 is 4.79 Å². The maximum Gasteiger partial charge on any atom is 0.166 e. The standard InChI is InChI=1S/C18H18O.C2H6/c19-18(15-10-5-2-6-11-15)17-13-7-12-16(17)14-8-3-1-4-9-14;1-2/h1-6,8-11,16-17H,7,12-13H2;1-2H3. The molecule has 1 saturated carbocycles. The summed E-state index contributed by atoms with van der Waals surface area (Å²) in [6.07, 6.45) is 3.31. The summed E-state index contributed by atoms with van der Waals surface area (Å²) in [6.45, 7) is 4.00. The van der Waals surface area contributed by atoms with Crippen LogP contribution < -0.4 is 0 Å². The van der Waals surface area contributed by atoms with Gasteiger partial charge in [-0.15, -0.1) is 0 Å². The summed E-state index contributed by atoms with van der Waals surface area (Å²) in [7, 11) is 0. The molecule has 0 heterocycles. The zero-order chi connectivity index (χ0) is 15.1. The molecule has 1 nitrogen and oxygen atoms in total. The van der Waals surface area contributed by atoms with Crippen LogP contribution in [-0.2, 0) is 0 Å². The van der Waals surface area contributed by atoms with Crippen LogP contribution in [0.4, 0.5) is 0 Å². The Morgan fingerprint density at radius 1 is 0.857 bits per heavy atom. The van der Waals surface area contributed by atoms with E-state index in [1.807, 2.05) is 50.2 Å². The van der Waals surface area contributed by atoms with Gasteiger partial charge in [0.2, 0.25) is 0 Å². The molecule has 0 aromatic heterocycles. The Balaban J connectivity index is 0.000000774. The van der Waals surface area contributed by atoms with Crippen LogP contribution in [0.2, 0.25) is 0 Å². The largest absolute Gasteiger partial charge is 0.294 e. The first kappa shape index (κ1) is 15.5. The van der Waals surface area contributed by atoms with Gasteiger partial charge >= 0.3 is 0 Å². The van der Waals surface area contributed by atoms with E-state index in [2.05, 4.69) is 24.3 Å². The van der Waals surface area contributed by atoms with E-state index in [0.29, 0.717) is 11.7 Å². The molecule has 0 amide bonds. The van der Waals surface area contributed by atoms with Gasteiger partial charge in [-0.05, 0) is 24.3 Å². The van der Waals surface area contributed by atoms with Crippen molar-refractivity contribution in [3.05, 3.63) is 71.8 Å². The topological polar surface area (TPSA) is 17.1 Å². The van der Waals surface area contributed by atoms with Gasteiger partial charge in [0, 0.05) is 11.5 Å². The molecule has 2 atom stereocenters. The van der Waals surface area contributed by atoms with Crippen LogP contribution in [0.25, 0.3) is 0 Å². The van der Waals surface area contributed by atoms with Gasteiger partial charge < -0.3 is 0 Å². The summed E-state index contributed by atoms with van der Waals surface area (Å²) in [5.41, 5.74) is 2.17. The molecule has 1 aliphatic rings. The Labute approximate surface area is 128 Å². The predicted octanol–water partition coefficient (Wildman–Crippen LogP) is 5.48. The number of benzene rings is 2. The number of carbonyl (C=O) groups excluding carboxylic acids is 1. The average molecular weight is 280 g/mol. The molecule has 0 saturated heterocycles. The van der Waals surface area contributed by atoms with E-state index in [9.17, 15) is 4.79 Å². The van der Waals surface area contributed by atoms with Crippen molar-refractivity contribution in [3.8, 4) is 0 Å². The van der Waals surface area contributed by atoms with Gasteiger partial charge in [-0.1, -0.05) is 80.9 Å². The molecular formula is C20H24O. The van der Waals surface area contributed by atoms with Crippen molar-refractivity contribution in [2.24, 2.45) is 5.92 Å². The average Bonchev–Trinajstić information content (AvgIpc) is 3.07. The SMILES string of the molecule is CC.O=C(c1ccccc1)C1CCCC1c1ccccc1. The van der Waals surface area contributed by atoms with Gasteiger partial charge in [-0.25, -0.2) is 0 Å². The van der Waals surface area contributed by atoms with Crippen molar-refractivity contribution in [2.45, 2.75) is 39.0 Å². The summed E-state index contributed by atoms with van der Waals surface area (Å²) in [6, 6.07) is 20.2. The van der Waals surface area contributed by atoms with Gasteiger partial charge in [-0.2, -0.15) is 0 Å². The molecule has 1 aliphatic carbocycles. The quantitative estimate of drug-likeness (QED) is 0.680. The molecule has 21 heavy (non-hydrogen) atoms. The molecule has 0 spiro atoms. The number of Topliss-reactive ketones (excluding diaryl/α,β-unsaturated/α-hetero) is 1. The minimum absolute atomic E-state index is 0.157. The summed E-state index contributed by atoms with van der Waals surface area (Å²) in [4.78, 5) is 12.6. The normalized spacial score (nSPS) is 20.5. The van der Waals surface area contributed by atoms with E-state index in [-0.39, 0.29) is 5.92 Å². The van der Waals surface area contributed by atoms with Crippen LogP contribution in [0.5, 0.6) is 0 Å². The fourth-order valence-corrected chi connectivity index (χ4v) is 3.19. The molecule has 0 aliphatic heterocycles. The third-order valence-corrected chi connectivity index (χ3v) is 4.14. The molecule has 1 heteroatoms. The molecule has 110 valence electrons. The lowest BCUT2D eigenvalue weighted by atomic mass is 9.84. The molecule has 2 unspecified atom stereocenters. The van der Waals surface area contributed by atoms with Crippen molar-refractivity contribution in [1.82, 2.24) is 0 Å². The van der Waals surface area contributed by atoms with Crippen molar-refractivity contribution in [2.75, 3.05) is 0 Å². The Hall–Kier alpha value is -1.89. The van der Waals surface area contributed by atoms with Gasteiger partial charge in [-0.3, -0.25) is 4.79 Å². The fourth-order valence-electron chi connectivity index (χ4n) is 3.19. The van der Waals surface area contributed by atoms with Crippen LogP contribution in [0, 0.1) is 5.92 Å². The maximum atomic E-state index is 12.6. The first-order valence-corrected chi connectivity index (χ1v) is 8.00. The van der Waals surface area contributed by atoms with Crippen LogP contribution in [0.3, 0.4) is 0 Å². The highest BCUT2D eigenvalue weighted by Gasteiger charge is 2.34. The monoisotopic (exact) mass is 280 g/mol. The highest BCUT2D eigenvalue weighted by atomic mass is 16.1. The molecule has 0 radical (unpaired) electrons. The smallest absolute Gasteiger partial charge is 0.166 e. The minimum Gasteiger partial charge on any atom is -0.294 e. The second-order valence-electron chi connectivity index (χ2n) is 5.28. The summed E-state index contributed by atoms with van der Waals surface area (Å²) in [5.74, 6) is 0.866. The highest BCUT2D eigenvalue weighted by Crippen LogP contribution is 2.41. The van der Waals surface area contributed by atoms with Crippen LogP contribution >= 0.6 is 0 Å². The molecule has 0 N–H and O–H groups in total. The second kappa shape index (κ2) is 7.78. The molecule has 2 aromatic rings. The van der Waals surface area contributed by atoms with Crippen LogP contribution in [0.15, 0.2) is 60.7 Å². The van der Waals surface area contributed by atoms with Crippen LogP contribution in [-0.4, -0.2) is 5.78 Å². The minimum atomic E-state index is 0.157. The number of hydrogen-bond donors (Lipinski definition) is 0. The Bertz CT molecular complexity index is 545. The fraction of sp³-hybridized carbons (Fsp3) is 0.350. The zero-order valence-electron chi connectivity index (χ0n) is 13.0. The van der Waals surface area contributed by atoms with E-state index in [0.717, 1.165) is 24.8 Å². The van der Waals surface area contributed by atoms with E-state index in [1.165, 1.54) is 5.56 Å². The highest BCUT2D eigenvalue weighted by molar-refractivity contribution is 5.98. The lowest BCUT2D eigenvalue weighted by Gasteiger charge is -2.19. The van der Waals surface area contributed by atoms with E-state index in [4.69, 9.17) is 0 Å². The third kappa shape index (κ3) is 3.60. The Morgan fingerprint density at radius 2 is 1.43 bits per heavy atom. The summed E-state index contributed by atoms with van der Waals surface area (Å²) >= 11 is 0. The van der Waals surface area contributed by atoms with E-state index >= 15 is 0 Å². The Kier molecular flexibility index (Phi) is 5.74. The second-order valence-corrected chi connectivity index (χ2v) is 5.28. The van der Waals surface area contributed by atoms with Gasteiger partial charge in [0.1, 0.15) is 0 Å². The number of carbonyl (C=O) groups is 1. The Morgan fingerprint density at radius 3 is 2.05 bits per heavy atom. The molecule has 3 rings (SSSR count). The van der Waals surface area contributed by atoms with Gasteiger partial charge in [0.05, 0.1) is 0 Å². The predicted molar refractivity (Wildman–Crippen MR) is 88.6 cm³/mol. The van der Waals surface area contributed by atoms with Crippen molar-refractivity contribution in [1.29, 1.82) is 0 Å². The first-order chi connectivity index (χ1) is 10.4. The van der Waals surface area contributed by atoms with Crippen molar-refractivity contribution in [3.63, 3.8) is 0 Å². The lowest BCUT2D eigenvalue weighted by molar-refractivity contribution is 0.0912. The number of rotatable bonds is 3. The van der Waals surface area contributed by atoms with Crippen molar-refractivity contribution >= 4 is 5.78 Å². The first-order valence-electron chi connectivity index (χ1n) is 8.00. The zero-order valence-corrected chi connectivity index (χ0v) is 13.0. The lowest BCUT2D eigenvalue weighted by Crippen LogP contribution is -2.17. The van der Waals surface area contributed by atoms with Gasteiger partial charge in [0.15, 0.2) is 5.78 Å². The van der Waals surface area contributed by atoms with E-state index < -0.39 is 0 Å². The van der Waals surface area contributed by atoms with Gasteiger partial charge in [0.25, 0.3) is 0 Å². The number of ketones is 1. The molecular weight excluding hydrogens is 256 g/mol. The van der Waals surface area contributed by atoms with Crippen LogP contribution in [0.1, 0.15) is 54.9 Å². The molecule has 1 fully saturated rings. The summed E-state index contributed by atoms with van der Waals surface area (Å²) in [5, 5.41) is 0. The summed E-state index contributed by atoms with van der Waals surface area (Å²) < 4.78 is 0. The maximum absolute atomic E-state index is 12.6. The van der Waals surface area contributed by atoms with E-state index in [1.54, 1.807) is 0 Å². The number of hydrogen-bond acceptors (Lipinski definition) is 1. The molecule has 0 bridgehead atoms. The third-order valence-electron chi connectivity index (χ3n) is 4.14. The molecule has 2 aromatic carbocycles.